The van der Waals surface area contributed by atoms with E-state index in [1.807, 2.05) is 0 Å². The van der Waals surface area contributed by atoms with Crippen molar-refractivity contribution >= 4 is 10.9 Å². The lowest BCUT2D eigenvalue weighted by molar-refractivity contribution is 0.326. The van der Waals surface area contributed by atoms with Crippen molar-refractivity contribution in [3.63, 3.8) is 0 Å². The summed E-state index contributed by atoms with van der Waals surface area (Å²) in [5, 5.41) is 4.66. The third kappa shape index (κ3) is 3.35. The summed E-state index contributed by atoms with van der Waals surface area (Å²) in [6.45, 7) is 10.5. The van der Waals surface area contributed by atoms with Crippen LogP contribution in [0.15, 0.2) is 24.3 Å². The maximum absolute atomic E-state index is 4.69. The molecule has 0 aliphatic carbocycles. The second kappa shape index (κ2) is 6.82. The van der Waals surface area contributed by atoms with Gasteiger partial charge in [-0.15, -0.1) is 0 Å². The molecule has 108 valence electrons. The summed E-state index contributed by atoms with van der Waals surface area (Å²) in [7, 11) is 2.18. The molecule has 0 unspecified atom stereocenters. The first-order chi connectivity index (χ1) is 9.63. The number of rotatable bonds is 6. The minimum atomic E-state index is 0.973. The molecule has 2 rings (SSSR count). The van der Waals surface area contributed by atoms with E-state index in [9.17, 15) is 0 Å². The van der Waals surface area contributed by atoms with E-state index in [0.717, 1.165) is 37.4 Å². The molecule has 0 aliphatic rings. The molecule has 0 saturated carbocycles. The third-order valence-electron chi connectivity index (χ3n) is 3.86. The Bertz CT molecular complexity index is 578. The van der Waals surface area contributed by atoms with Gasteiger partial charge in [-0.05, 0) is 44.6 Å². The molecule has 1 N–H and O–H groups in total. The van der Waals surface area contributed by atoms with Crippen LogP contribution < -0.4 is 5.32 Å². The first-order valence-electron chi connectivity index (χ1n) is 7.37. The van der Waals surface area contributed by atoms with Gasteiger partial charge in [-0.25, -0.2) is 0 Å². The number of benzene rings is 1. The minimum Gasteiger partial charge on any atom is -0.316 e. The van der Waals surface area contributed by atoms with Crippen molar-refractivity contribution in [1.82, 2.24) is 15.2 Å². The van der Waals surface area contributed by atoms with Crippen LogP contribution in [0, 0.1) is 13.8 Å². The van der Waals surface area contributed by atoms with Crippen molar-refractivity contribution < 1.29 is 0 Å². The average Bonchev–Trinajstić information content (AvgIpc) is 2.44. The Hall–Kier alpha value is -1.45. The van der Waals surface area contributed by atoms with Crippen molar-refractivity contribution in [2.24, 2.45) is 0 Å². The fraction of sp³-hybridized carbons (Fsp3) is 0.471. The number of nitrogens with zero attached hydrogens (tertiary/aromatic N) is 2. The lowest BCUT2D eigenvalue weighted by Crippen LogP contribution is -2.29. The van der Waals surface area contributed by atoms with E-state index in [-0.39, 0.29) is 0 Å². The van der Waals surface area contributed by atoms with Gasteiger partial charge in [0.15, 0.2) is 0 Å². The topological polar surface area (TPSA) is 28.2 Å². The molecule has 0 spiro atoms. The van der Waals surface area contributed by atoms with Gasteiger partial charge in [-0.3, -0.25) is 4.98 Å². The zero-order valence-electron chi connectivity index (χ0n) is 13.0. The molecule has 0 atom stereocenters. The van der Waals surface area contributed by atoms with E-state index in [1.54, 1.807) is 0 Å². The number of aryl methyl sites for hydroxylation is 1. The summed E-state index contributed by atoms with van der Waals surface area (Å²) < 4.78 is 0. The Labute approximate surface area is 122 Å². The van der Waals surface area contributed by atoms with Crippen LogP contribution in [0.1, 0.15) is 23.7 Å². The van der Waals surface area contributed by atoms with E-state index >= 15 is 0 Å². The zero-order valence-corrected chi connectivity index (χ0v) is 13.0. The van der Waals surface area contributed by atoms with Crippen LogP contribution in [0.4, 0.5) is 0 Å². The Morgan fingerprint density at radius 3 is 2.70 bits per heavy atom. The molecule has 0 aliphatic heterocycles. The Balaban J connectivity index is 2.26. The van der Waals surface area contributed by atoms with Gasteiger partial charge in [0.25, 0.3) is 0 Å². The maximum Gasteiger partial charge on any atom is 0.0708 e. The summed E-state index contributed by atoms with van der Waals surface area (Å²) in [5.74, 6) is 0. The largest absolute Gasteiger partial charge is 0.316 e. The molecule has 0 bridgehead atoms. The van der Waals surface area contributed by atoms with Crippen LogP contribution in [0.5, 0.6) is 0 Å². The van der Waals surface area contributed by atoms with Gasteiger partial charge < -0.3 is 10.2 Å². The maximum atomic E-state index is 4.69. The highest BCUT2D eigenvalue weighted by Gasteiger charge is 2.10. The molecule has 3 nitrogen and oxygen atoms in total. The molecule has 3 heteroatoms. The van der Waals surface area contributed by atoms with Crippen molar-refractivity contribution in [2.75, 3.05) is 26.7 Å². The van der Waals surface area contributed by atoms with Crippen molar-refractivity contribution in [2.45, 2.75) is 27.3 Å². The van der Waals surface area contributed by atoms with Gasteiger partial charge in [-0.1, -0.05) is 25.1 Å². The quantitative estimate of drug-likeness (QED) is 0.819. The first-order valence-corrected chi connectivity index (χ1v) is 7.37. The smallest absolute Gasteiger partial charge is 0.0708 e. The molecular formula is C17H25N3. The number of fused-ring (bicyclic) bond motifs is 1. The first kappa shape index (κ1) is 14.9. The summed E-state index contributed by atoms with van der Waals surface area (Å²) in [5.41, 5.74) is 4.97. The molecule has 1 heterocycles. The molecule has 0 amide bonds. The van der Waals surface area contributed by atoms with Gasteiger partial charge in [0.2, 0.25) is 0 Å². The van der Waals surface area contributed by atoms with Gasteiger partial charge in [-0.2, -0.15) is 0 Å². The van der Waals surface area contributed by atoms with Crippen molar-refractivity contribution in [3.8, 4) is 0 Å². The highest BCUT2D eigenvalue weighted by molar-refractivity contribution is 5.83. The van der Waals surface area contributed by atoms with Crippen molar-refractivity contribution in [1.29, 1.82) is 0 Å². The van der Waals surface area contributed by atoms with Gasteiger partial charge in [0.05, 0.1) is 5.52 Å². The predicted molar refractivity (Wildman–Crippen MR) is 86.1 cm³/mol. The van der Waals surface area contributed by atoms with Crippen LogP contribution in [-0.2, 0) is 6.54 Å². The minimum absolute atomic E-state index is 0.973. The number of likely N-dealkylation sites (N-methyl/N-ethyl adjacent to an activating group) is 2. The van der Waals surface area contributed by atoms with Gasteiger partial charge >= 0.3 is 0 Å². The Morgan fingerprint density at radius 2 is 1.95 bits per heavy atom. The summed E-state index contributed by atoms with van der Waals surface area (Å²) in [6.07, 6.45) is 0. The van der Waals surface area contributed by atoms with Crippen LogP contribution in [0.25, 0.3) is 10.9 Å². The number of nitrogens with one attached hydrogen (secondary N) is 1. The second-order valence-electron chi connectivity index (χ2n) is 5.41. The molecule has 1 aromatic heterocycles. The third-order valence-corrected chi connectivity index (χ3v) is 3.86. The standard InChI is InChI=1S/C17H25N3/c1-5-18-10-11-20(4)12-16-13(2)14(3)19-17-9-7-6-8-15(16)17/h6-9,18H,5,10-12H2,1-4H3. The van der Waals surface area contributed by atoms with E-state index in [2.05, 4.69) is 67.3 Å². The molecular weight excluding hydrogens is 246 g/mol. The van der Waals surface area contributed by atoms with Crippen LogP contribution in [-0.4, -0.2) is 36.6 Å². The van der Waals surface area contributed by atoms with Gasteiger partial charge in [0, 0.05) is 30.7 Å². The van der Waals surface area contributed by atoms with E-state index < -0.39 is 0 Å². The SMILES string of the molecule is CCNCCN(C)Cc1c(C)c(C)nc2ccccc12. The van der Waals surface area contributed by atoms with Crippen molar-refractivity contribution in [3.05, 3.63) is 41.1 Å². The van der Waals surface area contributed by atoms with E-state index in [4.69, 9.17) is 0 Å². The number of para-hydroxylation sites is 1. The zero-order chi connectivity index (χ0) is 14.5. The molecule has 2 aromatic rings. The summed E-state index contributed by atoms with van der Waals surface area (Å²) >= 11 is 0. The van der Waals surface area contributed by atoms with Crippen LogP contribution in [0.2, 0.25) is 0 Å². The van der Waals surface area contributed by atoms with Crippen LogP contribution >= 0.6 is 0 Å². The van der Waals surface area contributed by atoms with E-state index in [0.29, 0.717) is 0 Å². The molecule has 1 aromatic carbocycles. The Kier molecular flexibility index (Phi) is 5.10. The average molecular weight is 271 g/mol. The number of pyridine rings is 1. The Morgan fingerprint density at radius 1 is 1.20 bits per heavy atom. The van der Waals surface area contributed by atoms with Crippen LogP contribution in [0.3, 0.4) is 0 Å². The molecule has 0 saturated heterocycles. The fourth-order valence-corrected chi connectivity index (χ4v) is 2.51. The normalized spacial score (nSPS) is 11.4. The lowest BCUT2D eigenvalue weighted by atomic mass is 10.0. The number of hydrogen-bond donors (Lipinski definition) is 1. The molecule has 0 radical (unpaired) electrons. The van der Waals surface area contributed by atoms with Gasteiger partial charge in [0.1, 0.15) is 0 Å². The predicted octanol–water partition coefficient (Wildman–Crippen LogP) is 2.89. The van der Waals surface area contributed by atoms with E-state index in [1.165, 1.54) is 16.5 Å². The second-order valence-corrected chi connectivity index (χ2v) is 5.41. The molecule has 0 fully saturated rings. The highest BCUT2D eigenvalue weighted by atomic mass is 15.1. The fourth-order valence-electron chi connectivity index (χ4n) is 2.51. The summed E-state index contributed by atoms with van der Waals surface area (Å²) in [4.78, 5) is 7.06. The lowest BCUT2D eigenvalue weighted by Gasteiger charge is -2.20. The monoisotopic (exact) mass is 271 g/mol. The number of hydrogen-bond acceptors (Lipinski definition) is 3. The number of aromatic nitrogens is 1. The molecule has 20 heavy (non-hydrogen) atoms. The summed E-state index contributed by atoms with van der Waals surface area (Å²) in [6, 6.07) is 8.44. The highest BCUT2D eigenvalue weighted by Crippen LogP contribution is 2.23.